The third-order valence-corrected chi connectivity index (χ3v) is 3.43. The van der Waals surface area contributed by atoms with E-state index in [1.54, 1.807) is 11.3 Å². The topological polar surface area (TPSA) is 29.1 Å². The molecule has 0 fully saturated rings. The van der Waals surface area contributed by atoms with E-state index in [0.717, 1.165) is 12.8 Å². The Morgan fingerprint density at radius 1 is 1.53 bits per heavy atom. The molecule has 0 spiro atoms. The second-order valence-electron chi connectivity index (χ2n) is 4.00. The summed E-state index contributed by atoms with van der Waals surface area (Å²) in [6, 6.07) is 4.38. The van der Waals surface area contributed by atoms with Crippen molar-refractivity contribution in [2.45, 2.75) is 39.7 Å². The Labute approximate surface area is 95.7 Å². The summed E-state index contributed by atoms with van der Waals surface area (Å²) in [6.45, 7) is 6.06. The van der Waals surface area contributed by atoms with Crippen LogP contribution in [0.25, 0.3) is 0 Å². The first-order valence-electron chi connectivity index (χ1n) is 5.46. The Bertz CT molecular complexity index is 295. The average Bonchev–Trinajstić information content (AvgIpc) is 2.68. The van der Waals surface area contributed by atoms with Gasteiger partial charge >= 0.3 is 0 Å². The Balaban J connectivity index is 2.36. The van der Waals surface area contributed by atoms with E-state index in [1.807, 2.05) is 19.9 Å². The van der Waals surface area contributed by atoms with E-state index in [2.05, 4.69) is 23.7 Å². The summed E-state index contributed by atoms with van der Waals surface area (Å²) in [5.74, 6) is 0.289. The van der Waals surface area contributed by atoms with Gasteiger partial charge in [0, 0.05) is 23.3 Å². The molecule has 1 aromatic heterocycles. The zero-order chi connectivity index (χ0) is 11.3. The van der Waals surface area contributed by atoms with Crippen LogP contribution < -0.4 is 5.32 Å². The van der Waals surface area contributed by atoms with Crippen molar-refractivity contribution in [1.82, 2.24) is 5.32 Å². The second-order valence-corrected chi connectivity index (χ2v) is 5.03. The van der Waals surface area contributed by atoms with Crippen LogP contribution in [0.4, 0.5) is 0 Å². The lowest BCUT2D eigenvalue weighted by Gasteiger charge is -2.15. The molecule has 0 radical (unpaired) electrons. The minimum atomic E-state index is 0.121. The van der Waals surface area contributed by atoms with Gasteiger partial charge in [0.1, 0.15) is 0 Å². The number of carbonyl (C=O) groups is 1. The van der Waals surface area contributed by atoms with Crippen molar-refractivity contribution in [2.24, 2.45) is 5.92 Å². The van der Waals surface area contributed by atoms with Crippen LogP contribution in [0.5, 0.6) is 0 Å². The van der Waals surface area contributed by atoms with E-state index >= 15 is 0 Å². The van der Waals surface area contributed by atoms with Crippen molar-refractivity contribution in [2.75, 3.05) is 0 Å². The first-order valence-corrected chi connectivity index (χ1v) is 6.34. The fraction of sp³-hybridized carbons (Fsp3) is 0.583. The van der Waals surface area contributed by atoms with Crippen LogP contribution in [0.2, 0.25) is 0 Å². The normalized spacial score (nSPS) is 14.6. The van der Waals surface area contributed by atoms with Crippen LogP contribution in [0, 0.1) is 5.92 Å². The molecule has 1 amide bonds. The summed E-state index contributed by atoms with van der Waals surface area (Å²) in [6.07, 6.45) is 1.83. The van der Waals surface area contributed by atoms with E-state index in [-0.39, 0.29) is 17.9 Å². The summed E-state index contributed by atoms with van der Waals surface area (Å²) in [5.41, 5.74) is 0. The van der Waals surface area contributed by atoms with Crippen LogP contribution >= 0.6 is 11.3 Å². The highest BCUT2D eigenvalue weighted by Gasteiger charge is 2.13. The van der Waals surface area contributed by atoms with Gasteiger partial charge in [-0.25, -0.2) is 0 Å². The second kappa shape index (κ2) is 5.91. The maximum Gasteiger partial charge on any atom is 0.223 e. The molecule has 3 heteroatoms. The monoisotopic (exact) mass is 225 g/mol. The van der Waals surface area contributed by atoms with Gasteiger partial charge in [-0.2, -0.15) is 0 Å². The van der Waals surface area contributed by atoms with E-state index in [0.29, 0.717) is 0 Å². The SMILES string of the molecule is CC[C@H](C)C(=O)N[C@@H](C)Cc1cccs1. The van der Waals surface area contributed by atoms with Gasteiger partial charge < -0.3 is 5.32 Å². The lowest BCUT2D eigenvalue weighted by atomic mass is 10.1. The summed E-state index contributed by atoms with van der Waals surface area (Å²) >= 11 is 1.74. The smallest absolute Gasteiger partial charge is 0.223 e. The third-order valence-electron chi connectivity index (χ3n) is 2.54. The van der Waals surface area contributed by atoms with Crippen molar-refractivity contribution >= 4 is 17.2 Å². The zero-order valence-corrected chi connectivity index (χ0v) is 10.4. The molecule has 0 bridgehead atoms. The number of thiophene rings is 1. The van der Waals surface area contributed by atoms with Gasteiger partial charge in [0.05, 0.1) is 0 Å². The first kappa shape index (κ1) is 12.2. The van der Waals surface area contributed by atoms with Crippen LogP contribution in [0.1, 0.15) is 32.1 Å². The van der Waals surface area contributed by atoms with Gasteiger partial charge in [-0.3, -0.25) is 4.79 Å². The molecule has 0 aliphatic rings. The molecule has 1 N–H and O–H groups in total. The van der Waals surface area contributed by atoms with Crippen LogP contribution in [-0.2, 0) is 11.2 Å². The maximum atomic E-state index is 11.6. The molecule has 1 aromatic rings. The van der Waals surface area contributed by atoms with Crippen molar-refractivity contribution in [3.8, 4) is 0 Å². The highest BCUT2D eigenvalue weighted by Crippen LogP contribution is 2.11. The van der Waals surface area contributed by atoms with Crippen molar-refractivity contribution < 1.29 is 4.79 Å². The molecule has 0 saturated carbocycles. The maximum absolute atomic E-state index is 11.6. The number of carbonyl (C=O) groups excluding carboxylic acids is 1. The van der Waals surface area contributed by atoms with Gasteiger partial charge in [0.25, 0.3) is 0 Å². The summed E-state index contributed by atoms with van der Waals surface area (Å²) in [5, 5.41) is 5.10. The van der Waals surface area contributed by atoms with Gasteiger partial charge in [0.2, 0.25) is 5.91 Å². The predicted molar refractivity (Wildman–Crippen MR) is 65.1 cm³/mol. The molecule has 1 heterocycles. The molecule has 1 rings (SSSR count). The van der Waals surface area contributed by atoms with Gasteiger partial charge in [-0.1, -0.05) is 19.9 Å². The average molecular weight is 225 g/mol. The highest BCUT2D eigenvalue weighted by atomic mass is 32.1. The molecule has 0 unspecified atom stereocenters. The number of amides is 1. The molecule has 0 saturated heterocycles. The quantitative estimate of drug-likeness (QED) is 0.820. The van der Waals surface area contributed by atoms with E-state index in [1.165, 1.54) is 4.88 Å². The fourth-order valence-corrected chi connectivity index (χ4v) is 2.19. The first-order chi connectivity index (χ1) is 7.13. The molecule has 84 valence electrons. The standard InChI is InChI=1S/C12H19NOS/c1-4-9(2)12(14)13-10(3)8-11-6-5-7-15-11/h5-7,9-10H,4,8H2,1-3H3,(H,13,14)/t9-,10-/m0/s1. The lowest BCUT2D eigenvalue weighted by molar-refractivity contribution is -0.125. The molecule has 0 aromatic carbocycles. The van der Waals surface area contributed by atoms with Crippen LogP contribution in [0.15, 0.2) is 17.5 Å². The Hall–Kier alpha value is -0.830. The minimum absolute atomic E-state index is 0.121. The van der Waals surface area contributed by atoms with Crippen molar-refractivity contribution in [3.05, 3.63) is 22.4 Å². The molecular formula is C12H19NOS. The van der Waals surface area contributed by atoms with E-state index < -0.39 is 0 Å². The summed E-state index contributed by atoms with van der Waals surface area (Å²) in [4.78, 5) is 12.9. The third kappa shape index (κ3) is 4.04. The molecule has 15 heavy (non-hydrogen) atoms. The van der Waals surface area contributed by atoms with Gasteiger partial charge in [-0.15, -0.1) is 11.3 Å². The fourth-order valence-electron chi connectivity index (χ4n) is 1.35. The number of hydrogen-bond acceptors (Lipinski definition) is 2. The lowest BCUT2D eigenvalue weighted by Crippen LogP contribution is -2.37. The molecule has 2 nitrogen and oxygen atoms in total. The van der Waals surface area contributed by atoms with Crippen molar-refractivity contribution in [3.63, 3.8) is 0 Å². The summed E-state index contributed by atoms with van der Waals surface area (Å²) in [7, 11) is 0. The molecular weight excluding hydrogens is 206 g/mol. The minimum Gasteiger partial charge on any atom is -0.353 e. The van der Waals surface area contributed by atoms with Crippen LogP contribution in [0.3, 0.4) is 0 Å². The molecule has 0 aliphatic heterocycles. The number of hydrogen-bond donors (Lipinski definition) is 1. The Morgan fingerprint density at radius 2 is 2.27 bits per heavy atom. The van der Waals surface area contributed by atoms with Gasteiger partial charge in [-0.05, 0) is 24.8 Å². The van der Waals surface area contributed by atoms with Crippen LogP contribution in [-0.4, -0.2) is 11.9 Å². The zero-order valence-electron chi connectivity index (χ0n) is 9.62. The highest BCUT2D eigenvalue weighted by molar-refractivity contribution is 7.09. The Kier molecular flexibility index (Phi) is 4.82. The molecule has 0 aliphatic carbocycles. The Morgan fingerprint density at radius 3 is 2.80 bits per heavy atom. The molecule has 2 atom stereocenters. The van der Waals surface area contributed by atoms with Crippen molar-refractivity contribution in [1.29, 1.82) is 0 Å². The van der Waals surface area contributed by atoms with E-state index in [9.17, 15) is 4.79 Å². The summed E-state index contributed by atoms with van der Waals surface area (Å²) < 4.78 is 0. The number of nitrogens with one attached hydrogen (secondary N) is 1. The predicted octanol–water partition coefficient (Wildman–Crippen LogP) is 2.84. The van der Waals surface area contributed by atoms with Gasteiger partial charge in [0.15, 0.2) is 0 Å². The van der Waals surface area contributed by atoms with E-state index in [4.69, 9.17) is 0 Å². The largest absolute Gasteiger partial charge is 0.353 e. The number of rotatable bonds is 5.